The van der Waals surface area contributed by atoms with Gasteiger partial charge in [-0.05, 0) is 41.3 Å². The highest BCUT2D eigenvalue weighted by Gasteiger charge is 2.08. The molecule has 3 rings (SSSR count). The fourth-order valence-corrected chi connectivity index (χ4v) is 3.40. The lowest BCUT2D eigenvalue weighted by molar-refractivity contribution is 0.0827. The van der Waals surface area contributed by atoms with Crippen molar-refractivity contribution in [3.63, 3.8) is 0 Å². The van der Waals surface area contributed by atoms with Gasteiger partial charge in [-0.25, -0.2) is 0 Å². The van der Waals surface area contributed by atoms with Gasteiger partial charge in [0, 0.05) is 52.1 Å². The Morgan fingerprint density at radius 1 is 0.941 bits per heavy atom. The average Bonchev–Trinajstić information content (AvgIpc) is 2.83. The topological polar surface area (TPSA) is 78.7 Å². The molecule has 0 aliphatic heterocycles. The van der Waals surface area contributed by atoms with E-state index < -0.39 is 0 Å². The molecule has 3 aromatic rings. The molecule has 0 fully saturated rings. The van der Waals surface area contributed by atoms with Crippen molar-refractivity contribution < 1.29 is 4.79 Å². The molecular formula is C26H32IN5O2. The number of carbonyl (C=O) groups is 1. The number of hydrogen-bond donors (Lipinski definition) is 2. The molecule has 2 aromatic carbocycles. The van der Waals surface area contributed by atoms with Crippen LogP contribution in [0.25, 0.3) is 0 Å². The summed E-state index contributed by atoms with van der Waals surface area (Å²) < 4.78 is 1.69. The molecule has 0 bridgehead atoms. The number of aliphatic imine (C=N–C) groups is 1. The number of nitrogens with zero attached hydrogens (tertiary/aromatic N) is 3. The highest BCUT2D eigenvalue weighted by Crippen LogP contribution is 2.08. The summed E-state index contributed by atoms with van der Waals surface area (Å²) in [7, 11) is 5.25. The summed E-state index contributed by atoms with van der Waals surface area (Å²) in [6.07, 6.45) is 2.58. The zero-order chi connectivity index (χ0) is 23.6. The maximum Gasteiger partial charge on any atom is 0.253 e. The molecule has 1 amide bonds. The smallest absolute Gasteiger partial charge is 0.253 e. The van der Waals surface area contributed by atoms with Crippen molar-refractivity contribution in [2.75, 3.05) is 27.7 Å². The number of nitrogens with one attached hydrogen (secondary N) is 2. The Kier molecular flexibility index (Phi) is 10.8. The van der Waals surface area contributed by atoms with Gasteiger partial charge in [-0.1, -0.05) is 42.5 Å². The third kappa shape index (κ3) is 8.02. The van der Waals surface area contributed by atoms with E-state index in [4.69, 9.17) is 0 Å². The second-order valence-electron chi connectivity index (χ2n) is 7.99. The predicted octanol–water partition coefficient (Wildman–Crippen LogP) is 3.12. The number of hydrogen-bond acceptors (Lipinski definition) is 3. The number of amides is 1. The van der Waals surface area contributed by atoms with E-state index in [9.17, 15) is 9.59 Å². The van der Waals surface area contributed by atoms with Gasteiger partial charge in [0.05, 0.1) is 6.54 Å². The van der Waals surface area contributed by atoms with Crippen LogP contribution in [0.5, 0.6) is 0 Å². The van der Waals surface area contributed by atoms with E-state index in [1.807, 2.05) is 42.5 Å². The molecule has 0 atom stereocenters. The van der Waals surface area contributed by atoms with Gasteiger partial charge in [0.25, 0.3) is 11.5 Å². The number of benzene rings is 2. The zero-order valence-corrected chi connectivity index (χ0v) is 22.2. The Hall–Kier alpha value is -3.14. The zero-order valence-electron chi connectivity index (χ0n) is 19.8. The van der Waals surface area contributed by atoms with Crippen molar-refractivity contribution >= 4 is 35.8 Å². The fourth-order valence-electron chi connectivity index (χ4n) is 3.40. The van der Waals surface area contributed by atoms with Crippen molar-refractivity contribution in [1.29, 1.82) is 0 Å². The fraction of sp³-hybridized carbons (Fsp3) is 0.269. The molecule has 8 heteroatoms. The van der Waals surface area contributed by atoms with E-state index in [1.54, 1.807) is 48.9 Å². The second kappa shape index (κ2) is 13.5. The van der Waals surface area contributed by atoms with Crippen molar-refractivity contribution in [1.82, 2.24) is 20.1 Å². The highest BCUT2D eigenvalue weighted by atomic mass is 127. The minimum Gasteiger partial charge on any atom is -0.356 e. The molecule has 0 radical (unpaired) electrons. The van der Waals surface area contributed by atoms with Crippen LogP contribution in [0.3, 0.4) is 0 Å². The maximum atomic E-state index is 12.1. The van der Waals surface area contributed by atoms with Gasteiger partial charge in [-0.3, -0.25) is 14.6 Å². The molecule has 0 aliphatic rings. The molecule has 1 aromatic heterocycles. The molecule has 0 unspecified atom stereocenters. The second-order valence-corrected chi connectivity index (χ2v) is 7.99. The summed E-state index contributed by atoms with van der Waals surface area (Å²) in [6.45, 7) is 1.89. The standard InChI is InChI=1S/C26H31N5O2.HI/c1-27-26(28-15-14-20-7-6-8-23(17-20)25(33)30(2)3)29-18-21-10-12-22(13-11-21)19-31-16-5-4-9-24(31)32;/h4-13,16-17H,14-15,18-19H2,1-3H3,(H2,27,28,29);1H. The van der Waals surface area contributed by atoms with Gasteiger partial charge in [0.1, 0.15) is 0 Å². The van der Waals surface area contributed by atoms with E-state index >= 15 is 0 Å². The lowest BCUT2D eigenvalue weighted by Crippen LogP contribution is -2.37. The third-order valence-corrected chi connectivity index (χ3v) is 5.24. The van der Waals surface area contributed by atoms with Crippen molar-refractivity contribution in [3.05, 3.63) is 106 Å². The summed E-state index contributed by atoms with van der Waals surface area (Å²) in [5.41, 5.74) is 3.98. The van der Waals surface area contributed by atoms with Crippen molar-refractivity contribution in [2.24, 2.45) is 4.99 Å². The van der Waals surface area contributed by atoms with E-state index in [0.717, 1.165) is 29.1 Å². The van der Waals surface area contributed by atoms with Gasteiger partial charge >= 0.3 is 0 Å². The summed E-state index contributed by atoms with van der Waals surface area (Å²) >= 11 is 0. The van der Waals surface area contributed by atoms with Crippen LogP contribution in [0.2, 0.25) is 0 Å². The first kappa shape index (κ1) is 27.1. The monoisotopic (exact) mass is 573 g/mol. The van der Waals surface area contributed by atoms with Crippen LogP contribution in [0.4, 0.5) is 0 Å². The number of guanidine groups is 1. The van der Waals surface area contributed by atoms with Crippen LogP contribution in [0.15, 0.2) is 82.7 Å². The van der Waals surface area contributed by atoms with E-state index in [0.29, 0.717) is 25.2 Å². The molecule has 0 aliphatic carbocycles. The van der Waals surface area contributed by atoms with Crippen LogP contribution >= 0.6 is 24.0 Å². The molecule has 180 valence electrons. The lowest BCUT2D eigenvalue weighted by atomic mass is 10.1. The molecule has 2 N–H and O–H groups in total. The van der Waals surface area contributed by atoms with Crippen LogP contribution in [-0.4, -0.2) is 49.0 Å². The third-order valence-electron chi connectivity index (χ3n) is 5.24. The van der Waals surface area contributed by atoms with Crippen molar-refractivity contribution in [3.8, 4) is 0 Å². The Morgan fingerprint density at radius 2 is 1.68 bits per heavy atom. The quantitative estimate of drug-likeness (QED) is 0.247. The Balaban J connectivity index is 0.00000408. The molecule has 1 heterocycles. The van der Waals surface area contributed by atoms with Gasteiger partial charge in [0.15, 0.2) is 5.96 Å². The first-order valence-electron chi connectivity index (χ1n) is 10.9. The van der Waals surface area contributed by atoms with Crippen molar-refractivity contribution in [2.45, 2.75) is 19.5 Å². The Bertz CT molecular complexity index is 1160. The number of rotatable bonds is 8. The first-order valence-corrected chi connectivity index (χ1v) is 10.9. The summed E-state index contributed by atoms with van der Waals surface area (Å²) in [5.74, 6) is 0.722. The molecular weight excluding hydrogens is 541 g/mol. The molecule has 0 saturated carbocycles. The first-order chi connectivity index (χ1) is 16.0. The number of carbonyl (C=O) groups excluding carboxylic acids is 1. The Labute approximate surface area is 217 Å². The largest absolute Gasteiger partial charge is 0.356 e. The van der Waals surface area contributed by atoms with Crippen LogP contribution in [0, 0.1) is 0 Å². The number of halogens is 1. The summed E-state index contributed by atoms with van der Waals surface area (Å²) in [5, 5.41) is 6.63. The van der Waals surface area contributed by atoms with E-state index in [2.05, 4.69) is 27.8 Å². The average molecular weight is 573 g/mol. The predicted molar refractivity (Wildman–Crippen MR) is 148 cm³/mol. The molecule has 34 heavy (non-hydrogen) atoms. The van der Waals surface area contributed by atoms with Gasteiger partial charge < -0.3 is 20.1 Å². The SMILES string of the molecule is CN=C(NCCc1cccc(C(=O)N(C)C)c1)NCc1ccc(Cn2ccccc2=O)cc1.I. The van der Waals surface area contributed by atoms with E-state index in [-0.39, 0.29) is 35.4 Å². The summed E-state index contributed by atoms with van der Waals surface area (Å²) in [4.78, 5) is 29.9. The molecule has 7 nitrogen and oxygen atoms in total. The molecule has 0 spiro atoms. The van der Waals surface area contributed by atoms with E-state index in [1.165, 1.54) is 0 Å². The minimum absolute atomic E-state index is 0. The molecule has 0 saturated heterocycles. The van der Waals surface area contributed by atoms with Crippen LogP contribution < -0.4 is 16.2 Å². The van der Waals surface area contributed by atoms with Gasteiger partial charge in [-0.15, -0.1) is 24.0 Å². The number of pyridine rings is 1. The Morgan fingerprint density at radius 3 is 2.35 bits per heavy atom. The number of aromatic nitrogens is 1. The maximum absolute atomic E-state index is 12.1. The normalized spacial score (nSPS) is 10.9. The summed E-state index contributed by atoms with van der Waals surface area (Å²) in [6, 6.07) is 21.1. The van der Waals surface area contributed by atoms with Gasteiger partial charge in [-0.2, -0.15) is 0 Å². The lowest BCUT2D eigenvalue weighted by Gasteiger charge is -2.13. The van der Waals surface area contributed by atoms with Crippen LogP contribution in [0.1, 0.15) is 27.0 Å². The highest BCUT2D eigenvalue weighted by molar-refractivity contribution is 14.0. The van der Waals surface area contributed by atoms with Crippen LogP contribution in [-0.2, 0) is 19.5 Å². The minimum atomic E-state index is -0.00542. The van der Waals surface area contributed by atoms with Gasteiger partial charge in [0.2, 0.25) is 0 Å².